The van der Waals surface area contributed by atoms with Gasteiger partial charge in [0.2, 0.25) is 0 Å². The summed E-state index contributed by atoms with van der Waals surface area (Å²) in [6, 6.07) is 14.0. The summed E-state index contributed by atoms with van der Waals surface area (Å²) in [5, 5.41) is 2.81. The molecule has 2 aromatic carbocycles. The number of carbonyl (C=O) groups is 2. The van der Waals surface area contributed by atoms with Crippen LogP contribution in [0, 0.1) is 0 Å². The van der Waals surface area contributed by atoms with Gasteiger partial charge in [0.05, 0.1) is 17.4 Å². The van der Waals surface area contributed by atoms with Crippen molar-refractivity contribution >= 4 is 17.4 Å². The van der Waals surface area contributed by atoms with Crippen LogP contribution in [0.5, 0.6) is 5.75 Å². The van der Waals surface area contributed by atoms with Crippen molar-refractivity contribution in [1.82, 2.24) is 0 Å². The Morgan fingerprint density at radius 3 is 2.56 bits per heavy atom. The Morgan fingerprint density at radius 1 is 1.12 bits per heavy atom. The normalized spacial score (nSPS) is 16.4. The molecule has 1 fully saturated rings. The van der Waals surface area contributed by atoms with E-state index in [-0.39, 0.29) is 17.8 Å². The van der Waals surface area contributed by atoms with Gasteiger partial charge in [-0.25, -0.2) is 0 Å². The number of carbonyl (C=O) groups excluding carboxylic acids is 2. The van der Waals surface area contributed by atoms with Crippen LogP contribution in [0.4, 0.5) is 5.69 Å². The quantitative estimate of drug-likeness (QED) is 0.815. The average molecular weight is 339 g/mol. The molecule has 1 aliphatic rings. The third kappa shape index (κ3) is 4.25. The van der Waals surface area contributed by atoms with Gasteiger partial charge in [-0.2, -0.15) is 0 Å². The van der Waals surface area contributed by atoms with Crippen LogP contribution >= 0.6 is 0 Å². The molecule has 0 spiro atoms. The van der Waals surface area contributed by atoms with Crippen LogP contribution in [-0.2, 0) is 4.74 Å². The fourth-order valence-corrected chi connectivity index (χ4v) is 2.83. The Kier molecular flexibility index (Phi) is 5.46. The maximum Gasteiger partial charge on any atom is 0.259 e. The zero-order valence-corrected chi connectivity index (χ0v) is 14.2. The Hall–Kier alpha value is -2.66. The largest absolute Gasteiger partial charge is 0.490 e. The molecule has 1 saturated heterocycles. The molecule has 130 valence electrons. The molecular weight excluding hydrogens is 318 g/mol. The van der Waals surface area contributed by atoms with Crippen molar-refractivity contribution in [3.8, 4) is 5.75 Å². The van der Waals surface area contributed by atoms with Crippen LogP contribution in [0.3, 0.4) is 0 Å². The lowest BCUT2D eigenvalue weighted by Crippen LogP contribution is -2.19. The van der Waals surface area contributed by atoms with Crippen LogP contribution in [0.2, 0.25) is 0 Å². The van der Waals surface area contributed by atoms with Crippen LogP contribution in [-0.4, -0.2) is 31.0 Å². The van der Waals surface area contributed by atoms with E-state index in [0.29, 0.717) is 29.2 Å². The predicted octanol–water partition coefficient (Wildman–Crippen LogP) is 3.70. The van der Waals surface area contributed by atoms with Gasteiger partial charge in [0, 0.05) is 12.2 Å². The second kappa shape index (κ2) is 7.94. The Morgan fingerprint density at radius 2 is 1.84 bits per heavy atom. The van der Waals surface area contributed by atoms with E-state index >= 15 is 0 Å². The number of hydrogen-bond acceptors (Lipinski definition) is 4. The third-order valence-corrected chi connectivity index (χ3v) is 4.13. The van der Waals surface area contributed by atoms with Crippen molar-refractivity contribution in [3.63, 3.8) is 0 Å². The lowest BCUT2D eigenvalue weighted by molar-refractivity contribution is 0.0673. The number of para-hydroxylation sites is 2. The highest BCUT2D eigenvalue weighted by molar-refractivity contribution is 6.10. The molecule has 2 aromatic rings. The first-order valence-corrected chi connectivity index (χ1v) is 8.40. The van der Waals surface area contributed by atoms with Gasteiger partial charge in [0.15, 0.2) is 5.78 Å². The van der Waals surface area contributed by atoms with Crippen LogP contribution < -0.4 is 10.1 Å². The number of ketones is 1. The smallest absolute Gasteiger partial charge is 0.259 e. The van der Waals surface area contributed by atoms with E-state index in [9.17, 15) is 9.59 Å². The van der Waals surface area contributed by atoms with E-state index < -0.39 is 0 Å². The molecule has 1 heterocycles. The number of anilines is 1. The minimum atomic E-state index is -0.309. The molecule has 0 aliphatic carbocycles. The topological polar surface area (TPSA) is 64.6 Å². The van der Waals surface area contributed by atoms with E-state index in [1.165, 1.54) is 6.92 Å². The highest BCUT2D eigenvalue weighted by atomic mass is 16.5. The summed E-state index contributed by atoms with van der Waals surface area (Å²) in [5.74, 6) is 0.103. The summed E-state index contributed by atoms with van der Waals surface area (Å²) in [6.07, 6.45) is 2.09. The van der Waals surface area contributed by atoms with E-state index in [1.54, 1.807) is 42.5 Å². The molecule has 1 atom stereocenters. The van der Waals surface area contributed by atoms with Crippen LogP contribution in [0.1, 0.15) is 40.5 Å². The maximum absolute atomic E-state index is 12.7. The summed E-state index contributed by atoms with van der Waals surface area (Å²) in [5.41, 5.74) is 1.40. The molecule has 1 N–H and O–H groups in total. The fourth-order valence-electron chi connectivity index (χ4n) is 2.83. The molecule has 3 rings (SSSR count). The number of Topliss-reactive ketones (excluding diaryl/α,β-unsaturated/α-hetero) is 1. The molecule has 0 bridgehead atoms. The monoisotopic (exact) mass is 339 g/mol. The van der Waals surface area contributed by atoms with Gasteiger partial charge >= 0.3 is 0 Å². The summed E-state index contributed by atoms with van der Waals surface area (Å²) >= 11 is 0. The number of rotatable bonds is 6. The molecule has 25 heavy (non-hydrogen) atoms. The number of benzene rings is 2. The molecule has 1 aliphatic heterocycles. The minimum Gasteiger partial charge on any atom is -0.490 e. The molecule has 5 nitrogen and oxygen atoms in total. The van der Waals surface area contributed by atoms with E-state index in [4.69, 9.17) is 9.47 Å². The molecule has 1 amide bonds. The Bertz CT molecular complexity index is 766. The van der Waals surface area contributed by atoms with Crippen LogP contribution in [0.25, 0.3) is 0 Å². The lowest BCUT2D eigenvalue weighted by atomic mass is 10.1. The molecular formula is C20H21NO4. The first-order valence-electron chi connectivity index (χ1n) is 8.40. The van der Waals surface area contributed by atoms with Gasteiger partial charge in [0.25, 0.3) is 5.91 Å². The van der Waals surface area contributed by atoms with E-state index in [2.05, 4.69) is 5.32 Å². The standard InChI is InChI=1S/C20H21NO4/c1-14(22)16-8-2-4-10-18(16)21-20(23)17-9-3-5-11-19(17)25-13-15-7-6-12-24-15/h2-5,8-11,15H,6-7,12-13H2,1H3,(H,21,23)/t15-/m0/s1. The van der Waals surface area contributed by atoms with Gasteiger partial charge in [-0.05, 0) is 44.0 Å². The second-order valence-corrected chi connectivity index (χ2v) is 6.00. The summed E-state index contributed by atoms with van der Waals surface area (Å²) in [7, 11) is 0. The molecule has 0 saturated carbocycles. The van der Waals surface area contributed by atoms with Crippen LogP contribution in [0.15, 0.2) is 48.5 Å². The van der Waals surface area contributed by atoms with E-state index in [1.807, 2.05) is 6.07 Å². The molecule has 0 unspecified atom stereocenters. The van der Waals surface area contributed by atoms with Crippen molar-refractivity contribution in [1.29, 1.82) is 0 Å². The van der Waals surface area contributed by atoms with Gasteiger partial charge in [0.1, 0.15) is 12.4 Å². The lowest BCUT2D eigenvalue weighted by Gasteiger charge is -2.15. The number of ether oxygens (including phenoxy) is 2. The number of amides is 1. The van der Waals surface area contributed by atoms with Crippen molar-refractivity contribution in [2.24, 2.45) is 0 Å². The second-order valence-electron chi connectivity index (χ2n) is 6.00. The zero-order valence-electron chi connectivity index (χ0n) is 14.2. The van der Waals surface area contributed by atoms with Crippen molar-refractivity contribution in [3.05, 3.63) is 59.7 Å². The van der Waals surface area contributed by atoms with Gasteiger partial charge in [-0.15, -0.1) is 0 Å². The molecule has 5 heteroatoms. The SMILES string of the molecule is CC(=O)c1ccccc1NC(=O)c1ccccc1OC[C@@H]1CCCO1. The number of nitrogens with one attached hydrogen (secondary N) is 1. The zero-order chi connectivity index (χ0) is 17.6. The van der Waals surface area contributed by atoms with Crippen molar-refractivity contribution in [2.75, 3.05) is 18.5 Å². The first-order chi connectivity index (χ1) is 12.1. The average Bonchev–Trinajstić information content (AvgIpc) is 3.14. The maximum atomic E-state index is 12.7. The summed E-state index contributed by atoms with van der Waals surface area (Å²) < 4.78 is 11.4. The Labute approximate surface area is 147 Å². The summed E-state index contributed by atoms with van der Waals surface area (Å²) in [6.45, 7) is 2.66. The van der Waals surface area contributed by atoms with Gasteiger partial charge in [-0.3, -0.25) is 9.59 Å². The molecule has 0 aromatic heterocycles. The van der Waals surface area contributed by atoms with Gasteiger partial charge < -0.3 is 14.8 Å². The van der Waals surface area contributed by atoms with E-state index in [0.717, 1.165) is 19.4 Å². The number of hydrogen-bond donors (Lipinski definition) is 1. The van der Waals surface area contributed by atoms with Crippen molar-refractivity contribution in [2.45, 2.75) is 25.9 Å². The predicted molar refractivity (Wildman–Crippen MR) is 95.3 cm³/mol. The first kappa shape index (κ1) is 17.2. The fraction of sp³-hybridized carbons (Fsp3) is 0.300. The van der Waals surface area contributed by atoms with Crippen molar-refractivity contribution < 1.29 is 19.1 Å². The Balaban J connectivity index is 1.75. The van der Waals surface area contributed by atoms with Gasteiger partial charge in [-0.1, -0.05) is 24.3 Å². The third-order valence-electron chi connectivity index (χ3n) is 4.13. The minimum absolute atomic E-state index is 0.0783. The highest BCUT2D eigenvalue weighted by Crippen LogP contribution is 2.23. The molecule has 0 radical (unpaired) electrons. The highest BCUT2D eigenvalue weighted by Gasteiger charge is 2.19. The summed E-state index contributed by atoms with van der Waals surface area (Å²) in [4.78, 5) is 24.4.